The van der Waals surface area contributed by atoms with Gasteiger partial charge in [0.05, 0.1) is 22.0 Å². The predicted molar refractivity (Wildman–Crippen MR) is 157 cm³/mol. The number of nitro benzene ring substituents is 1. The number of benzene rings is 4. The second-order valence-electron chi connectivity index (χ2n) is 10.1. The van der Waals surface area contributed by atoms with E-state index >= 15 is 0 Å². The quantitative estimate of drug-likeness (QED) is 0.122. The minimum absolute atomic E-state index is 0.113. The molecule has 0 atom stereocenters. The van der Waals surface area contributed by atoms with Crippen molar-refractivity contribution < 1.29 is 9.66 Å². The molecule has 0 saturated carbocycles. The highest BCUT2D eigenvalue weighted by Crippen LogP contribution is 2.27. The van der Waals surface area contributed by atoms with Crippen LogP contribution in [0.15, 0.2) is 93.2 Å². The summed E-state index contributed by atoms with van der Waals surface area (Å²) in [5.41, 5.74) is 0.947. The standard InChI is InChI=1S/C30H25BrN4O4/c1-30(2,3)29-33-26-13-11-22(31)16-25(26)28(36)34(29)32-17-21-15-23(35(37)38)12-14-27(21)39-18-20-9-6-8-19-7-4-5-10-24(19)20/h4-17H,18H2,1-3H3. The van der Waals surface area contributed by atoms with Gasteiger partial charge < -0.3 is 4.74 Å². The van der Waals surface area contributed by atoms with Crippen molar-refractivity contribution in [2.24, 2.45) is 5.10 Å². The van der Waals surface area contributed by atoms with Crippen LogP contribution in [-0.4, -0.2) is 20.8 Å². The van der Waals surface area contributed by atoms with Crippen molar-refractivity contribution in [2.75, 3.05) is 0 Å². The van der Waals surface area contributed by atoms with Crippen LogP contribution in [0.1, 0.15) is 37.7 Å². The Morgan fingerprint density at radius 3 is 2.56 bits per heavy atom. The fourth-order valence-corrected chi connectivity index (χ4v) is 4.68. The Morgan fingerprint density at radius 2 is 1.79 bits per heavy atom. The van der Waals surface area contributed by atoms with Gasteiger partial charge in [0.25, 0.3) is 11.2 Å². The van der Waals surface area contributed by atoms with E-state index < -0.39 is 10.3 Å². The van der Waals surface area contributed by atoms with Crippen molar-refractivity contribution in [1.29, 1.82) is 0 Å². The number of nitro groups is 1. The number of aromatic nitrogens is 2. The second kappa shape index (κ2) is 10.4. The van der Waals surface area contributed by atoms with Crippen LogP contribution in [0.2, 0.25) is 0 Å². The van der Waals surface area contributed by atoms with Crippen LogP contribution in [0.4, 0.5) is 5.69 Å². The van der Waals surface area contributed by atoms with Crippen LogP contribution in [0, 0.1) is 10.1 Å². The van der Waals surface area contributed by atoms with Crippen LogP contribution in [0.25, 0.3) is 21.7 Å². The Kier molecular flexibility index (Phi) is 7.01. The number of nitrogens with zero attached hydrogens (tertiary/aromatic N) is 4. The maximum atomic E-state index is 13.5. The molecule has 0 unspecified atom stereocenters. The zero-order valence-electron chi connectivity index (χ0n) is 21.6. The van der Waals surface area contributed by atoms with E-state index in [9.17, 15) is 14.9 Å². The Morgan fingerprint density at radius 1 is 1.03 bits per heavy atom. The van der Waals surface area contributed by atoms with Gasteiger partial charge in [-0.05, 0) is 40.6 Å². The first-order valence-corrected chi connectivity index (χ1v) is 13.1. The monoisotopic (exact) mass is 584 g/mol. The Hall–Kier alpha value is -4.37. The third-order valence-corrected chi connectivity index (χ3v) is 6.75. The molecule has 9 heteroatoms. The van der Waals surface area contributed by atoms with Gasteiger partial charge in [-0.2, -0.15) is 9.78 Å². The summed E-state index contributed by atoms with van der Waals surface area (Å²) in [5.74, 6) is 0.862. The van der Waals surface area contributed by atoms with Crippen LogP contribution >= 0.6 is 15.9 Å². The second-order valence-corrected chi connectivity index (χ2v) is 11.0. The molecule has 0 radical (unpaired) electrons. The van der Waals surface area contributed by atoms with E-state index in [1.165, 1.54) is 23.0 Å². The lowest BCUT2D eigenvalue weighted by Gasteiger charge is -2.21. The Labute approximate surface area is 232 Å². The SMILES string of the molecule is CC(C)(C)c1nc2ccc(Br)cc2c(=O)n1N=Cc1cc([N+](=O)[O-])ccc1OCc1cccc2ccccc12. The van der Waals surface area contributed by atoms with E-state index in [0.29, 0.717) is 28.0 Å². The van der Waals surface area contributed by atoms with Gasteiger partial charge in [0, 0.05) is 27.6 Å². The van der Waals surface area contributed by atoms with Crippen molar-refractivity contribution in [3.8, 4) is 5.75 Å². The lowest BCUT2D eigenvalue weighted by molar-refractivity contribution is -0.384. The van der Waals surface area contributed by atoms with Crippen LogP contribution in [-0.2, 0) is 12.0 Å². The number of hydrogen-bond donors (Lipinski definition) is 0. The smallest absolute Gasteiger partial charge is 0.282 e. The summed E-state index contributed by atoms with van der Waals surface area (Å²) in [6.45, 7) is 6.07. The molecular formula is C30H25BrN4O4. The van der Waals surface area contributed by atoms with Crippen LogP contribution < -0.4 is 10.3 Å². The highest BCUT2D eigenvalue weighted by atomic mass is 79.9. The molecule has 4 aromatic carbocycles. The summed E-state index contributed by atoms with van der Waals surface area (Å²) in [6.07, 6.45) is 1.41. The first-order chi connectivity index (χ1) is 18.6. The molecule has 0 aliphatic heterocycles. The van der Waals surface area contributed by atoms with E-state index in [-0.39, 0.29) is 17.9 Å². The topological polar surface area (TPSA) is 99.6 Å². The molecule has 8 nitrogen and oxygen atoms in total. The number of fused-ring (bicyclic) bond motifs is 2. The molecule has 39 heavy (non-hydrogen) atoms. The number of hydrogen-bond acceptors (Lipinski definition) is 6. The van der Waals surface area contributed by atoms with Gasteiger partial charge in [0.2, 0.25) is 0 Å². The van der Waals surface area contributed by atoms with E-state index in [0.717, 1.165) is 20.8 Å². The van der Waals surface area contributed by atoms with Crippen molar-refractivity contribution in [2.45, 2.75) is 32.8 Å². The number of rotatable bonds is 6. The summed E-state index contributed by atoms with van der Waals surface area (Å²) < 4.78 is 8.14. The zero-order chi connectivity index (χ0) is 27.7. The van der Waals surface area contributed by atoms with Gasteiger partial charge in [-0.3, -0.25) is 14.9 Å². The van der Waals surface area contributed by atoms with Gasteiger partial charge in [-0.1, -0.05) is 79.2 Å². The normalized spacial score (nSPS) is 11.9. The lowest BCUT2D eigenvalue weighted by Crippen LogP contribution is -2.29. The highest BCUT2D eigenvalue weighted by molar-refractivity contribution is 9.10. The maximum Gasteiger partial charge on any atom is 0.282 e. The molecule has 0 spiro atoms. The van der Waals surface area contributed by atoms with Gasteiger partial charge in [-0.15, -0.1) is 0 Å². The third-order valence-electron chi connectivity index (χ3n) is 6.26. The largest absolute Gasteiger partial charge is 0.488 e. The molecule has 0 aliphatic rings. The Bertz CT molecular complexity index is 1820. The molecule has 0 saturated heterocycles. The highest BCUT2D eigenvalue weighted by Gasteiger charge is 2.23. The molecule has 0 fully saturated rings. The van der Waals surface area contributed by atoms with Gasteiger partial charge in [-0.25, -0.2) is 4.98 Å². The molecule has 0 N–H and O–H groups in total. The third kappa shape index (κ3) is 5.44. The molecule has 0 aliphatic carbocycles. The van der Waals surface area contributed by atoms with Crippen molar-refractivity contribution >= 4 is 49.5 Å². The van der Waals surface area contributed by atoms with E-state index in [1.54, 1.807) is 18.2 Å². The molecule has 1 heterocycles. The number of halogens is 1. The predicted octanol–water partition coefficient (Wildman–Crippen LogP) is 6.98. The minimum Gasteiger partial charge on any atom is -0.488 e. The molecule has 5 rings (SSSR count). The lowest BCUT2D eigenvalue weighted by atomic mass is 9.95. The van der Waals surface area contributed by atoms with Gasteiger partial charge in [0.15, 0.2) is 0 Å². The summed E-state index contributed by atoms with van der Waals surface area (Å²) in [6, 6.07) is 23.6. The molecule has 196 valence electrons. The zero-order valence-corrected chi connectivity index (χ0v) is 23.2. The average molecular weight is 585 g/mol. The van der Waals surface area contributed by atoms with Gasteiger partial charge in [0.1, 0.15) is 18.2 Å². The number of non-ortho nitro benzene ring substituents is 1. The molecule has 0 amide bonds. The van der Waals surface area contributed by atoms with E-state index in [1.807, 2.05) is 69.3 Å². The summed E-state index contributed by atoms with van der Waals surface area (Å²) >= 11 is 3.41. The maximum absolute atomic E-state index is 13.5. The van der Waals surface area contributed by atoms with E-state index in [4.69, 9.17) is 9.72 Å². The van der Waals surface area contributed by atoms with Gasteiger partial charge >= 0.3 is 0 Å². The van der Waals surface area contributed by atoms with Crippen LogP contribution in [0.3, 0.4) is 0 Å². The van der Waals surface area contributed by atoms with Crippen molar-refractivity contribution in [3.05, 3.63) is 121 Å². The minimum atomic E-state index is -0.506. The Balaban J connectivity index is 1.58. The fraction of sp³-hybridized carbons (Fsp3) is 0.167. The average Bonchev–Trinajstić information content (AvgIpc) is 2.91. The molecule has 1 aromatic heterocycles. The fourth-order valence-electron chi connectivity index (χ4n) is 4.32. The summed E-state index contributed by atoms with van der Waals surface area (Å²) in [7, 11) is 0. The number of ether oxygens (including phenoxy) is 1. The first-order valence-electron chi connectivity index (χ1n) is 12.3. The summed E-state index contributed by atoms with van der Waals surface area (Å²) in [4.78, 5) is 29.3. The van der Waals surface area contributed by atoms with Crippen molar-refractivity contribution in [3.63, 3.8) is 0 Å². The van der Waals surface area contributed by atoms with E-state index in [2.05, 4.69) is 21.0 Å². The van der Waals surface area contributed by atoms with Crippen LogP contribution in [0.5, 0.6) is 5.75 Å². The summed E-state index contributed by atoms with van der Waals surface area (Å²) in [5, 5.41) is 18.6. The van der Waals surface area contributed by atoms with Crippen molar-refractivity contribution in [1.82, 2.24) is 9.66 Å². The molecule has 0 bridgehead atoms. The molecule has 5 aromatic rings. The first kappa shape index (κ1) is 26.2. The molecular weight excluding hydrogens is 560 g/mol.